The second kappa shape index (κ2) is 3.26. The van der Waals surface area contributed by atoms with Crippen molar-refractivity contribution in [3.63, 3.8) is 0 Å². The van der Waals surface area contributed by atoms with E-state index in [1.807, 2.05) is 0 Å². The lowest BCUT2D eigenvalue weighted by atomic mass is 9.98. The summed E-state index contributed by atoms with van der Waals surface area (Å²) in [6.45, 7) is 0. The van der Waals surface area contributed by atoms with E-state index < -0.39 is 0 Å². The molecule has 0 saturated heterocycles. The summed E-state index contributed by atoms with van der Waals surface area (Å²) < 4.78 is 2.21. The fraction of sp³-hybridized carbons (Fsp3) is 0.545. The molecule has 0 fully saturated rings. The lowest BCUT2D eigenvalue weighted by molar-refractivity contribution is 0.643. The van der Waals surface area contributed by atoms with Gasteiger partial charge in [-0.25, -0.2) is 0 Å². The molecule has 2 nitrogen and oxygen atoms in total. The Morgan fingerprint density at radius 2 is 2.23 bits per heavy atom. The van der Waals surface area contributed by atoms with Crippen molar-refractivity contribution in [1.82, 2.24) is 4.57 Å². The van der Waals surface area contributed by atoms with Crippen LogP contribution in [0, 0.1) is 11.3 Å². The van der Waals surface area contributed by atoms with E-state index in [0.29, 0.717) is 6.42 Å². The van der Waals surface area contributed by atoms with Crippen LogP contribution in [0.25, 0.3) is 0 Å². The van der Waals surface area contributed by atoms with Gasteiger partial charge in [-0.15, -0.1) is 0 Å². The molecule has 0 atom stereocenters. The highest BCUT2D eigenvalue weighted by atomic mass is 15.0. The summed E-state index contributed by atoms with van der Waals surface area (Å²) in [5.41, 5.74) is 4.10. The molecule has 0 N–H and O–H groups in total. The molecule has 1 aromatic rings. The van der Waals surface area contributed by atoms with Crippen LogP contribution in [0.5, 0.6) is 0 Å². The maximum Gasteiger partial charge on any atom is 0.0754 e. The van der Waals surface area contributed by atoms with Crippen LogP contribution in [-0.4, -0.2) is 4.57 Å². The van der Waals surface area contributed by atoms with E-state index in [4.69, 9.17) is 5.26 Å². The van der Waals surface area contributed by atoms with Crippen molar-refractivity contribution >= 4 is 0 Å². The molecule has 0 amide bonds. The van der Waals surface area contributed by atoms with E-state index in [9.17, 15) is 0 Å². The summed E-state index contributed by atoms with van der Waals surface area (Å²) in [5, 5.41) is 8.64. The van der Waals surface area contributed by atoms with Gasteiger partial charge in [0.2, 0.25) is 0 Å². The molecule has 0 unspecified atom stereocenters. The van der Waals surface area contributed by atoms with Crippen LogP contribution in [0.3, 0.4) is 0 Å². The predicted octanol–water partition coefficient (Wildman–Crippen LogP) is 1.97. The van der Waals surface area contributed by atoms with Gasteiger partial charge in [0.1, 0.15) is 0 Å². The SMILES string of the molecule is Cn1c(CC#N)cc2c1CCCC2. The van der Waals surface area contributed by atoms with Gasteiger partial charge >= 0.3 is 0 Å². The number of hydrogen-bond donors (Lipinski definition) is 0. The van der Waals surface area contributed by atoms with Gasteiger partial charge in [-0.05, 0) is 37.3 Å². The number of aryl methyl sites for hydroxylation is 1. The molecule has 1 heterocycles. The van der Waals surface area contributed by atoms with Gasteiger partial charge < -0.3 is 4.57 Å². The Labute approximate surface area is 78.8 Å². The Bertz CT molecular complexity index is 355. The summed E-state index contributed by atoms with van der Waals surface area (Å²) in [7, 11) is 2.08. The second-order valence-electron chi connectivity index (χ2n) is 3.71. The molecule has 0 bridgehead atoms. The van der Waals surface area contributed by atoms with Gasteiger partial charge in [-0.1, -0.05) is 0 Å². The van der Waals surface area contributed by atoms with Crippen LogP contribution in [0.1, 0.15) is 29.8 Å². The summed E-state index contributed by atoms with van der Waals surface area (Å²) >= 11 is 0. The third-order valence-corrected chi connectivity index (χ3v) is 2.92. The molecule has 0 spiro atoms. The molecule has 1 aromatic heterocycles. The van der Waals surface area contributed by atoms with Gasteiger partial charge in [0.25, 0.3) is 0 Å². The van der Waals surface area contributed by atoms with Crippen LogP contribution < -0.4 is 0 Å². The molecule has 68 valence electrons. The smallest absolute Gasteiger partial charge is 0.0754 e. The molecular weight excluding hydrogens is 160 g/mol. The van der Waals surface area contributed by atoms with Crippen molar-refractivity contribution < 1.29 is 0 Å². The first-order chi connectivity index (χ1) is 6.33. The number of rotatable bonds is 1. The third kappa shape index (κ3) is 1.35. The summed E-state index contributed by atoms with van der Waals surface area (Å²) in [4.78, 5) is 0. The number of fused-ring (bicyclic) bond motifs is 1. The molecule has 0 radical (unpaired) electrons. The Kier molecular flexibility index (Phi) is 2.10. The Balaban J connectivity index is 2.40. The fourth-order valence-electron chi connectivity index (χ4n) is 2.17. The molecule has 2 rings (SSSR count). The number of nitriles is 1. The molecule has 13 heavy (non-hydrogen) atoms. The standard InChI is InChI=1S/C11H14N2/c1-13-10(6-7-12)8-9-4-2-3-5-11(9)13/h8H,2-6H2,1H3. The monoisotopic (exact) mass is 174 g/mol. The molecule has 2 heteroatoms. The quantitative estimate of drug-likeness (QED) is 0.640. The zero-order valence-electron chi connectivity index (χ0n) is 8.01. The van der Waals surface area contributed by atoms with Crippen molar-refractivity contribution in [3.05, 3.63) is 23.0 Å². The van der Waals surface area contributed by atoms with E-state index >= 15 is 0 Å². The maximum absolute atomic E-state index is 8.64. The minimum atomic E-state index is 0.545. The first-order valence-electron chi connectivity index (χ1n) is 4.86. The lowest BCUT2D eigenvalue weighted by Crippen LogP contribution is -2.06. The van der Waals surface area contributed by atoms with Crippen molar-refractivity contribution in [2.24, 2.45) is 7.05 Å². The van der Waals surface area contributed by atoms with Crippen molar-refractivity contribution in [1.29, 1.82) is 5.26 Å². The predicted molar refractivity (Wildman–Crippen MR) is 51.4 cm³/mol. The lowest BCUT2D eigenvalue weighted by Gasteiger charge is -2.13. The Hall–Kier alpha value is -1.23. The number of nitrogens with zero attached hydrogens (tertiary/aromatic N) is 2. The minimum Gasteiger partial charge on any atom is -0.350 e. The highest BCUT2D eigenvalue weighted by Gasteiger charge is 2.15. The van der Waals surface area contributed by atoms with Gasteiger partial charge in [-0.2, -0.15) is 5.26 Å². The first-order valence-corrected chi connectivity index (χ1v) is 4.86. The van der Waals surface area contributed by atoms with Crippen LogP contribution in [0.15, 0.2) is 6.07 Å². The van der Waals surface area contributed by atoms with E-state index in [1.54, 1.807) is 0 Å². The highest BCUT2D eigenvalue weighted by Crippen LogP contribution is 2.24. The molecule has 1 aliphatic rings. The van der Waals surface area contributed by atoms with Crippen molar-refractivity contribution in [2.45, 2.75) is 32.1 Å². The average molecular weight is 174 g/mol. The van der Waals surface area contributed by atoms with E-state index in [1.165, 1.54) is 42.6 Å². The molecule has 0 aromatic carbocycles. The summed E-state index contributed by atoms with van der Waals surface area (Å²) in [6.07, 6.45) is 5.55. The van der Waals surface area contributed by atoms with E-state index in [0.717, 1.165) is 0 Å². The molecule has 0 aliphatic heterocycles. The van der Waals surface area contributed by atoms with Gasteiger partial charge in [0.15, 0.2) is 0 Å². The largest absolute Gasteiger partial charge is 0.350 e. The van der Waals surface area contributed by atoms with E-state index in [2.05, 4.69) is 23.8 Å². The van der Waals surface area contributed by atoms with Gasteiger partial charge in [0.05, 0.1) is 12.5 Å². The highest BCUT2D eigenvalue weighted by molar-refractivity contribution is 5.31. The topological polar surface area (TPSA) is 28.7 Å². The molecular formula is C11H14N2. The van der Waals surface area contributed by atoms with Gasteiger partial charge in [-0.3, -0.25) is 0 Å². The maximum atomic E-state index is 8.64. The van der Waals surface area contributed by atoms with Crippen LogP contribution in [-0.2, 0) is 26.3 Å². The summed E-state index contributed by atoms with van der Waals surface area (Å²) in [5.74, 6) is 0. The van der Waals surface area contributed by atoms with Crippen molar-refractivity contribution in [3.8, 4) is 6.07 Å². The molecule has 0 saturated carbocycles. The Morgan fingerprint density at radius 3 is 2.92 bits per heavy atom. The fourth-order valence-corrected chi connectivity index (χ4v) is 2.17. The second-order valence-corrected chi connectivity index (χ2v) is 3.71. The van der Waals surface area contributed by atoms with Crippen LogP contribution in [0.4, 0.5) is 0 Å². The summed E-state index contributed by atoms with van der Waals surface area (Å²) in [6, 6.07) is 4.42. The first kappa shape index (κ1) is 8.37. The Morgan fingerprint density at radius 1 is 1.46 bits per heavy atom. The van der Waals surface area contributed by atoms with Gasteiger partial charge in [0, 0.05) is 18.4 Å². The van der Waals surface area contributed by atoms with Crippen molar-refractivity contribution in [2.75, 3.05) is 0 Å². The molecule has 1 aliphatic carbocycles. The zero-order chi connectivity index (χ0) is 9.26. The number of aromatic nitrogens is 1. The zero-order valence-corrected chi connectivity index (χ0v) is 8.01. The number of hydrogen-bond acceptors (Lipinski definition) is 1. The normalized spacial score (nSPS) is 15.1. The average Bonchev–Trinajstić information content (AvgIpc) is 2.46. The minimum absolute atomic E-state index is 0.545. The third-order valence-electron chi connectivity index (χ3n) is 2.92. The van der Waals surface area contributed by atoms with E-state index in [-0.39, 0.29) is 0 Å². The van der Waals surface area contributed by atoms with Crippen LogP contribution >= 0.6 is 0 Å². The van der Waals surface area contributed by atoms with Crippen LogP contribution in [0.2, 0.25) is 0 Å².